The van der Waals surface area contributed by atoms with Gasteiger partial charge in [0.05, 0.1) is 12.0 Å². The number of rotatable bonds is 6. The van der Waals surface area contributed by atoms with Crippen LogP contribution >= 0.6 is 0 Å². The van der Waals surface area contributed by atoms with Crippen molar-refractivity contribution in [3.05, 3.63) is 59.7 Å². The van der Waals surface area contributed by atoms with Gasteiger partial charge in [-0.05, 0) is 60.3 Å². The molecule has 0 spiro atoms. The molecule has 2 N–H and O–H groups in total. The summed E-state index contributed by atoms with van der Waals surface area (Å²) in [5, 5.41) is 12.7. The molecule has 2 amide bonds. The second-order valence-electron chi connectivity index (χ2n) is 10.2. The van der Waals surface area contributed by atoms with Crippen molar-refractivity contribution in [2.45, 2.75) is 55.5 Å². The first-order valence-corrected chi connectivity index (χ1v) is 12.1. The van der Waals surface area contributed by atoms with Crippen LogP contribution < -0.4 is 5.32 Å². The number of amides is 2. The summed E-state index contributed by atoms with van der Waals surface area (Å²) in [5.41, 5.74) is 3.00. The van der Waals surface area contributed by atoms with Crippen molar-refractivity contribution in [2.75, 3.05) is 13.2 Å². The van der Waals surface area contributed by atoms with E-state index in [-0.39, 0.29) is 30.8 Å². The Labute approximate surface area is 198 Å². The van der Waals surface area contributed by atoms with Crippen molar-refractivity contribution in [1.29, 1.82) is 0 Å². The molecule has 6 rings (SSSR count). The summed E-state index contributed by atoms with van der Waals surface area (Å²) in [6.45, 7) is 0.697. The molecule has 3 aliphatic carbocycles. The average molecular weight is 461 g/mol. The van der Waals surface area contributed by atoms with E-state index >= 15 is 0 Å². The van der Waals surface area contributed by atoms with Gasteiger partial charge in [-0.15, -0.1) is 0 Å². The highest BCUT2D eigenvalue weighted by molar-refractivity contribution is 5.91. The Kier molecular flexibility index (Phi) is 4.73. The van der Waals surface area contributed by atoms with E-state index in [1.807, 2.05) is 24.3 Å². The fourth-order valence-corrected chi connectivity index (χ4v) is 6.14. The second-order valence-corrected chi connectivity index (χ2v) is 10.2. The zero-order valence-electron chi connectivity index (χ0n) is 19.0. The number of carboxylic acids is 1. The van der Waals surface area contributed by atoms with Gasteiger partial charge in [-0.3, -0.25) is 4.79 Å². The number of hydrogen-bond acceptors (Lipinski definition) is 4. The van der Waals surface area contributed by atoms with Crippen molar-refractivity contribution in [3.8, 4) is 11.1 Å². The zero-order chi connectivity index (χ0) is 23.5. The minimum atomic E-state index is -1.02. The summed E-state index contributed by atoms with van der Waals surface area (Å²) < 4.78 is 5.66. The number of likely N-dealkylation sites (tertiary alicyclic amines) is 1. The van der Waals surface area contributed by atoms with Gasteiger partial charge in [-0.1, -0.05) is 48.5 Å². The molecule has 176 valence electrons. The standard InChI is InChI=1S/C27H28N2O5/c30-23(29-13-5-6-17-14-27(17,29)24(31)32)15-26(11-12-26)28-25(33)34-16-22-20-9-3-1-7-18(20)19-8-2-4-10-21(19)22/h1-4,7-10,17,22H,5-6,11-16H2,(H,28,33)(H,31,32)/t17-,27+/m1/s1. The van der Waals surface area contributed by atoms with E-state index in [9.17, 15) is 19.5 Å². The van der Waals surface area contributed by atoms with Crippen LogP contribution in [-0.2, 0) is 14.3 Å². The molecule has 1 heterocycles. The maximum Gasteiger partial charge on any atom is 0.407 e. The molecule has 3 fully saturated rings. The largest absolute Gasteiger partial charge is 0.479 e. The number of carboxylic acid groups (broad SMARTS) is 1. The number of carbonyl (C=O) groups is 3. The van der Waals surface area contributed by atoms with Gasteiger partial charge in [0.2, 0.25) is 5.91 Å². The highest BCUT2D eigenvalue weighted by Crippen LogP contribution is 2.55. The summed E-state index contributed by atoms with van der Waals surface area (Å²) in [4.78, 5) is 39.3. The topological polar surface area (TPSA) is 95.9 Å². The van der Waals surface area contributed by atoms with Crippen LogP contribution in [0.15, 0.2) is 48.5 Å². The maximum atomic E-state index is 13.1. The van der Waals surface area contributed by atoms with Crippen molar-refractivity contribution < 1.29 is 24.2 Å². The van der Waals surface area contributed by atoms with Gasteiger partial charge in [0, 0.05) is 12.5 Å². The number of aliphatic carboxylic acids is 1. The lowest BCUT2D eigenvalue weighted by molar-refractivity contribution is -0.155. The predicted molar refractivity (Wildman–Crippen MR) is 124 cm³/mol. The molecule has 0 aromatic heterocycles. The SMILES string of the molecule is O=C(NC1(CC(=O)N2CCC[C@@H]3C[C@@]32C(=O)O)CC1)OCC1c2ccccc2-c2ccccc21. The Morgan fingerprint density at radius 1 is 1.03 bits per heavy atom. The lowest BCUT2D eigenvalue weighted by atomic mass is 9.98. The van der Waals surface area contributed by atoms with Crippen LogP contribution in [0, 0.1) is 5.92 Å². The van der Waals surface area contributed by atoms with Crippen molar-refractivity contribution in [3.63, 3.8) is 0 Å². The van der Waals surface area contributed by atoms with Gasteiger partial charge in [0.15, 0.2) is 0 Å². The quantitative estimate of drug-likeness (QED) is 0.681. The lowest BCUT2D eigenvalue weighted by Crippen LogP contribution is -2.53. The number of alkyl carbamates (subject to hydrolysis) is 1. The number of nitrogens with one attached hydrogen (secondary N) is 1. The molecule has 2 aromatic carbocycles. The predicted octanol–water partition coefficient (Wildman–Crippen LogP) is 3.91. The zero-order valence-corrected chi connectivity index (χ0v) is 19.0. The summed E-state index contributed by atoms with van der Waals surface area (Å²) in [7, 11) is 0. The smallest absolute Gasteiger partial charge is 0.407 e. The first-order valence-electron chi connectivity index (χ1n) is 12.1. The van der Waals surface area contributed by atoms with Crippen molar-refractivity contribution >= 4 is 18.0 Å². The second kappa shape index (κ2) is 7.58. The molecule has 2 saturated carbocycles. The highest BCUT2D eigenvalue weighted by Gasteiger charge is 2.67. The number of ether oxygens (including phenoxy) is 1. The molecule has 0 radical (unpaired) electrons. The molecular formula is C27H28N2O5. The van der Waals surface area contributed by atoms with Crippen LogP contribution in [0.25, 0.3) is 11.1 Å². The molecule has 7 nitrogen and oxygen atoms in total. The minimum absolute atomic E-state index is 0.0227. The molecule has 0 bridgehead atoms. The number of fused-ring (bicyclic) bond motifs is 4. The van der Waals surface area contributed by atoms with E-state index in [0.29, 0.717) is 25.8 Å². The number of piperidine rings is 1. The third-order valence-corrected chi connectivity index (χ3v) is 8.21. The molecular weight excluding hydrogens is 432 g/mol. The monoisotopic (exact) mass is 460 g/mol. The van der Waals surface area contributed by atoms with Gasteiger partial charge >= 0.3 is 12.1 Å². The number of benzene rings is 2. The van der Waals surface area contributed by atoms with Gasteiger partial charge < -0.3 is 20.1 Å². The highest BCUT2D eigenvalue weighted by atomic mass is 16.5. The Bertz CT molecular complexity index is 1140. The molecule has 34 heavy (non-hydrogen) atoms. The van der Waals surface area contributed by atoms with Gasteiger partial charge in [-0.25, -0.2) is 9.59 Å². The van der Waals surface area contributed by atoms with Crippen LogP contribution in [-0.4, -0.2) is 52.2 Å². The Morgan fingerprint density at radius 3 is 2.29 bits per heavy atom. The fraction of sp³-hybridized carbons (Fsp3) is 0.444. The third-order valence-electron chi connectivity index (χ3n) is 8.21. The Morgan fingerprint density at radius 2 is 1.68 bits per heavy atom. The van der Waals surface area contributed by atoms with Crippen LogP contribution in [0.3, 0.4) is 0 Å². The Hall–Kier alpha value is -3.35. The van der Waals surface area contributed by atoms with E-state index in [4.69, 9.17) is 4.74 Å². The van der Waals surface area contributed by atoms with Crippen molar-refractivity contribution in [2.24, 2.45) is 5.92 Å². The molecule has 2 atom stereocenters. The van der Waals surface area contributed by atoms with Crippen molar-refractivity contribution in [1.82, 2.24) is 10.2 Å². The van der Waals surface area contributed by atoms with E-state index in [0.717, 1.165) is 24.0 Å². The molecule has 7 heteroatoms. The summed E-state index contributed by atoms with van der Waals surface area (Å²) in [6.07, 6.45) is 3.22. The first-order chi connectivity index (χ1) is 16.4. The van der Waals surface area contributed by atoms with E-state index < -0.39 is 23.1 Å². The van der Waals surface area contributed by atoms with Gasteiger partial charge in [0.1, 0.15) is 12.1 Å². The molecule has 1 saturated heterocycles. The van der Waals surface area contributed by atoms with E-state index in [2.05, 4.69) is 29.6 Å². The fourth-order valence-electron chi connectivity index (χ4n) is 6.14. The van der Waals surface area contributed by atoms with Gasteiger partial charge in [0.25, 0.3) is 0 Å². The summed E-state index contributed by atoms with van der Waals surface area (Å²) in [5.74, 6) is -1.04. The van der Waals surface area contributed by atoms with Crippen LogP contribution in [0.1, 0.15) is 55.6 Å². The molecule has 0 unspecified atom stereocenters. The number of hydrogen-bond donors (Lipinski definition) is 2. The Balaban J connectivity index is 1.10. The summed E-state index contributed by atoms with van der Waals surface area (Å²) >= 11 is 0. The van der Waals surface area contributed by atoms with Crippen LogP contribution in [0.4, 0.5) is 4.79 Å². The first kappa shape index (κ1) is 21.2. The van der Waals surface area contributed by atoms with Crippen LogP contribution in [0.2, 0.25) is 0 Å². The number of nitrogens with zero attached hydrogens (tertiary/aromatic N) is 1. The molecule has 4 aliphatic rings. The lowest BCUT2D eigenvalue weighted by Gasteiger charge is -2.34. The number of carbonyl (C=O) groups excluding carboxylic acids is 2. The normalized spacial score (nSPS) is 25.5. The summed E-state index contributed by atoms with van der Waals surface area (Å²) in [6, 6.07) is 16.4. The average Bonchev–Trinajstić information content (AvgIpc) is 3.74. The van der Waals surface area contributed by atoms with Crippen LogP contribution in [0.5, 0.6) is 0 Å². The van der Waals surface area contributed by atoms with Gasteiger partial charge in [-0.2, -0.15) is 0 Å². The third kappa shape index (κ3) is 3.29. The van der Waals surface area contributed by atoms with E-state index in [1.54, 1.807) is 4.90 Å². The van der Waals surface area contributed by atoms with E-state index in [1.165, 1.54) is 11.1 Å². The molecule has 2 aromatic rings. The minimum Gasteiger partial charge on any atom is -0.479 e. The molecule has 1 aliphatic heterocycles. The maximum absolute atomic E-state index is 13.1.